The third-order valence-corrected chi connectivity index (χ3v) is 3.27. The molecule has 0 aromatic rings. The van der Waals surface area contributed by atoms with Gasteiger partial charge in [-0.2, -0.15) is 0 Å². The molecule has 1 unspecified atom stereocenters. The summed E-state index contributed by atoms with van der Waals surface area (Å²) in [6.45, 7) is 9.45. The van der Waals surface area contributed by atoms with Gasteiger partial charge in [0.2, 0.25) is 0 Å². The van der Waals surface area contributed by atoms with E-state index in [0.717, 1.165) is 26.2 Å². The van der Waals surface area contributed by atoms with Crippen LogP contribution in [0.5, 0.6) is 0 Å². The number of nitrogens with zero attached hydrogens (tertiary/aromatic N) is 2. The highest BCUT2D eigenvalue weighted by molar-refractivity contribution is 4.89. The Kier molecular flexibility index (Phi) is 4.52. The van der Waals surface area contributed by atoms with Crippen molar-refractivity contribution in [1.82, 2.24) is 9.80 Å². The minimum atomic E-state index is 0.134. The third kappa shape index (κ3) is 3.72. The van der Waals surface area contributed by atoms with Gasteiger partial charge in [0, 0.05) is 44.9 Å². The predicted molar refractivity (Wildman–Crippen MR) is 63.0 cm³/mol. The first-order chi connectivity index (χ1) is 6.95. The SMILES string of the molecule is COCC(N)CN1CCN(C)C(C)(C)C1. The molecule has 0 radical (unpaired) electrons. The largest absolute Gasteiger partial charge is 0.383 e. The van der Waals surface area contributed by atoms with Crippen LogP contribution in [0.1, 0.15) is 13.8 Å². The first-order valence-electron chi connectivity index (χ1n) is 5.64. The molecule has 0 aliphatic carbocycles. The number of piperazine rings is 1. The maximum Gasteiger partial charge on any atom is 0.0626 e. The van der Waals surface area contributed by atoms with Gasteiger partial charge in [0.05, 0.1) is 6.61 Å². The highest BCUT2D eigenvalue weighted by Gasteiger charge is 2.31. The van der Waals surface area contributed by atoms with Gasteiger partial charge in [-0.25, -0.2) is 0 Å². The topological polar surface area (TPSA) is 41.7 Å². The average Bonchev–Trinajstić information content (AvgIpc) is 2.11. The van der Waals surface area contributed by atoms with E-state index in [-0.39, 0.29) is 11.6 Å². The van der Waals surface area contributed by atoms with Gasteiger partial charge >= 0.3 is 0 Å². The molecule has 15 heavy (non-hydrogen) atoms. The van der Waals surface area contributed by atoms with Crippen LogP contribution in [0.3, 0.4) is 0 Å². The minimum Gasteiger partial charge on any atom is -0.383 e. The number of hydrogen-bond donors (Lipinski definition) is 1. The average molecular weight is 215 g/mol. The maximum atomic E-state index is 5.96. The summed E-state index contributed by atoms with van der Waals surface area (Å²) in [5, 5.41) is 0. The Morgan fingerprint density at radius 2 is 2.07 bits per heavy atom. The van der Waals surface area contributed by atoms with E-state index in [1.807, 2.05) is 0 Å². The Morgan fingerprint density at radius 3 is 2.60 bits per heavy atom. The lowest BCUT2D eigenvalue weighted by Gasteiger charge is -2.45. The molecule has 4 nitrogen and oxygen atoms in total. The van der Waals surface area contributed by atoms with Crippen molar-refractivity contribution < 1.29 is 4.74 Å². The molecule has 0 saturated carbocycles. The van der Waals surface area contributed by atoms with Crippen LogP contribution in [0, 0.1) is 0 Å². The lowest BCUT2D eigenvalue weighted by Crippen LogP contribution is -2.59. The van der Waals surface area contributed by atoms with Crippen LogP contribution in [0.2, 0.25) is 0 Å². The normalized spacial score (nSPS) is 25.4. The zero-order valence-corrected chi connectivity index (χ0v) is 10.5. The summed E-state index contributed by atoms with van der Waals surface area (Å²) in [7, 11) is 3.89. The molecule has 1 fully saturated rings. The summed E-state index contributed by atoms with van der Waals surface area (Å²) in [6, 6.07) is 0.134. The number of likely N-dealkylation sites (N-methyl/N-ethyl adjacent to an activating group) is 1. The molecule has 1 atom stereocenters. The van der Waals surface area contributed by atoms with Gasteiger partial charge in [-0.05, 0) is 20.9 Å². The number of nitrogens with two attached hydrogens (primary N) is 1. The maximum absolute atomic E-state index is 5.96. The molecule has 1 heterocycles. The van der Waals surface area contributed by atoms with E-state index < -0.39 is 0 Å². The fourth-order valence-electron chi connectivity index (χ4n) is 2.10. The molecule has 0 spiro atoms. The Morgan fingerprint density at radius 1 is 1.40 bits per heavy atom. The standard InChI is InChI=1S/C11H25N3O/c1-11(2)9-14(6-5-13(11)3)7-10(12)8-15-4/h10H,5-9,12H2,1-4H3. The first kappa shape index (κ1) is 12.9. The Hall–Kier alpha value is -0.160. The van der Waals surface area contributed by atoms with Crippen LogP contribution in [0.25, 0.3) is 0 Å². The molecule has 0 aromatic heterocycles. The molecule has 0 aromatic carbocycles. The molecule has 90 valence electrons. The zero-order valence-electron chi connectivity index (χ0n) is 10.5. The van der Waals surface area contributed by atoms with Crippen LogP contribution in [0.4, 0.5) is 0 Å². The number of methoxy groups -OCH3 is 1. The number of hydrogen-bond acceptors (Lipinski definition) is 4. The van der Waals surface area contributed by atoms with Crippen LogP contribution in [-0.4, -0.2) is 68.3 Å². The Labute approximate surface area is 93.4 Å². The van der Waals surface area contributed by atoms with Gasteiger partial charge in [0.15, 0.2) is 0 Å². The Balaban J connectivity index is 2.38. The van der Waals surface area contributed by atoms with Crippen molar-refractivity contribution in [2.75, 3.05) is 46.9 Å². The van der Waals surface area contributed by atoms with Gasteiger partial charge in [0.1, 0.15) is 0 Å². The summed E-state index contributed by atoms with van der Waals surface area (Å²) in [4.78, 5) is 4.84. The van der Waals surface area contributed by atoms with Crippen molar-refractivity contribution in [2.45, 2.75) is 25.4 Å². The zero-order chi connectivity index (χ0) is 11.5. The first-order valence-corrected chi connectivity index (χ1v) is 5.64. The molecule has 1 aliphatic rings. The van der Waals surface area contributed by atoms with Crippen LogP contribution >= 0.6 is 0 Å². The second-order valence-electron chi connectivity index (χ2n) is 5.18. The van der Waals surface area contributed by atoms with E-state index in [9.17, 15) is 0 Å². The summed E-state index contributed by atoms with van der Waals surface area (Å²) < 4.78 is 5.06. The monoisotopic (exact) mass is 215 g/mol. The fourth-order valence-corrected chi connectivity index (χ4v) is 2.10. The van der Waals surface area contributed by atoms with Crippen molar-refractivity contribution in [3.05, 3.63) is 0 Å². The molecular weight excluding hydrogens is 190 g/mol. The van der Waals surface area contributed by atoms with Gasteiger partial charge in [0.25, 0.3) is 0 Å². The second kappa shape index (κ2) is 5.25. The molecule has 1 rings (SSSR count). The second-order valence-corrected chi connectivity index (χ2v) is 5.18. The third-order valence-electron chi connectivity index (χ3n) is 3.27. The van der Waals surface area contributed by atoms with E-state index in [2.05, 4.69) is 30.7 Å². The summed E-state index contributed by atoms with van der Waals surface area (Å²) in [5.74, 6) is 0. The molecule has 0 amide bonds. The highest BCUT2D eigenvalue weighted by Crippen LogP contribution is 2.18. The number of ether oxygens (including phenoxy) is 1. The van der Waals surface area contributed by atoms with E-state index in [1.54, 1.807) is 7.11 Å². The van der Waals surface area contributed by atoms with Crippen LogP contribution in [0.15, 0.2) is 0 Å². The molecule has 1 aliphatic heterocycles. The predicted octanol–water partition coefficient (Wildman–Crippen LogP) is -0.0139. The number of rotatable bonds is 4. The van der Waals surface area contributed by atoms with E-state index in [1.165, 1.54) is 0 Å². The van der Waals surface area contributed by atoms with Gasteiger partial charge < -0.3 is 10.5 Å². The molecule has 0 bridgehead atoms. The lowest BCUT2D eigenvalue weighted by molar-refractivity contribution is 0.0320. The van der Waals surface area contributed by atoms with E-state index in [0.29, 0.717) is 6.61 Å². The summed E-state index contributed by atoms with van der Waals surface area (Å²) >= 11 is 0. The van der Waals surface area contributed by atoms with Crippen molar-refractivity contribution >= 4 is 0 Å². The highest BCUT2D eigenvalue weighted by atomic mass is 16.5. The van der Waals surface area contributed by atoms with Crippen molar-refractivity contribution in [3.63, 3.8) is 0 Å². The van der Waals surface area contributed by atoms with Crippen LogP contribution in [-0.2, 0) is 4.74 Å². The minimum absolute atomic E-state index is 0.134. The van der Waals surface area contributed by atoms with Gasteiger partial charge in [-0.3, -0.25) is 9.80 Å². The van der Waals surface area contributed by atoms with Gasteiger partial charge in [-0.1, -0.05) is 0 Å². The van der Waals surface area contributed by atoms with Crippen LogP contribution < -0.4 is 5.73 Å². The molecular formula is C11H25N3O. The summed E-state index contributed by atoms with van der Waals surface area (Å²) in [6.07, 6.45) is 0. The smallest absolute Gasteiger partial charge is 0.0626 e. The fraction of sp³-hybridized carbons (Fsp3) is 1.00. The van der Waals surface area contributed by atoms with Gasteiger partial charge in [-0.15, -0.1) is 0 Å². The lowest BCUT2D eigenvalue weighted by atomic mass is 9.99. The molecule has 4 heteroatoms. The van der Waals surface area contributed by atoms with Crippen molar-refractivity contribution in [3.8, 4) is 0 Å². The van der Waals surface area contributed by atoms with Crippen molar-refractivity contribution in [1.29, 1.82) is 0 Å². The molecule has 1 saturated heterocycles. The summed E-state index contributed by atoms with van der Waals surface area (Å²) in [5.41, 5.74) is 6.21. The molecule has 2 N–H and O–H groups in total. The quantitative estimate of drug-likeness (QED) is 0.716. The van der Waals surface area contributed by atoms with E-state index in [4.69, 9.17) is 10.5 Å². The Bertz CT molecular complexity index is 196. The van der Waals surface area contributed by atoms with E-state index >= 15 is 0 Å². The van der Waals surface area contributed by atoms with Crippen molar-refractivity contribution in [2.24, 2.45) is 5.73 Å².